The summed E-state index contributed by atoms with van der Waals surface area (Å²) in [5.41, 5.74) is 2.10. The second-order valence-electron chi connectivity index (χ2n) is 5.87. The van der Waals surface area contributed by atoms with Crippen LogP contribution in [0.4, 0.5) is 0 Å². The summed E-state index contributed by atoms with van der Waals surface area (Å²) in [5.74, 6) is -1.96. The summed E-state index contributed by atoms with van der Waals surface area (Å²) in [6.45, 7) is 1.09. The van der Waals surface area contributed by atoms with Crippen LogP contribution in [-0.2, 0) is 22.7 Å². The Labute approximate surface area is 134 Å². The van der Waals surface area contributed by atoms with Gasteiger partial charge in [0.05, 0.1) is 18.4 Å². The molecule has 120 valence electrons. The SMILES string of the molecule is O=C(O)C1CCC1C(=O)NCc1cccc(Cn2cccn2)c1. The number of benzene rings is 1. The molecule has 6 nitrogen and oxygen atoms in total. The van der Waals surface area contributed by atoms with Crippen molar-refractivity contribution in [1.82, 2.24) is 15.1 Å². The molecule has 23 heavy (non-hydrogen) atoms. The fourth-order valence-corrected chi connectivity index (χ4v) is 2.85. The molecular formula is C17H19N3O3. The minimum Gasteiger partial charge on any atom is -0.481 e. The Morgan fingerprint density at radius 3 is 2.65 bits per heavy atom. The Bertz CT molecular complexity index is 697. The van der Waals surface area contributed by atoms with Crippen molar-refractivity contribution in [2.24, 2.45) is 11.8 Å². The van der Waals surface area contributed by atoms with Crippen LogP contribution in [0.2, 0.25) is 0 Å². The first kappa shape index (κ1) is 15.3. The lowest BCUT2D eigenvalue weighted by Crippen LogP contribution is -2.43. The highest BCUT2D eigenvalue weighted by atomic mass is 16.4. The largest absolute Gasteiger partial charge is 0.481 e. The van der Waals surface area contributed by atoms with Gasteiger partial charge in [-0.1, -0.05) is 24.3 Å². The van der Waals surface area contributed by atoms with Crippen molar-refractivity contribution in [2.75, 3.05) is 0 Å². The molecule has 2 unspecified atom stereocenters. The number of aliphatic carboxylic acids is 1. The first-order valence-corrected chi connectivity index (χ1v) is 7.69. The van der Waals surface area contributed by atoms with Gasteiger partial charge < -0.3 is 10.4 Å². The van der Waals surface area contributed by atoms with Gasteiger partial charge in [-0.25, -0.2) is 0 Å². The molecule has 3 rings (SSSR count). The van der Waals surface area contributed by atoms with Gasteiger partial charge in [-0.15, -0.1) is 0 Å². The number of hydrogen-bond acceptors (Lipinski definition) is 3. The molecule has 1 heterocycles. The predicted octanol–water partition coefficient (Wildman–Crippen LogP) is 1.66. The highest BCUT2D eigenvalue weighted by Crippen LogP contribution is 2.34. The molecule has 0 spiro atoms. The van der Waals surface area contributed by atoms with E-state index in [4.69, 9.17) is 5.11 Å². The van der Waals surface area contributed by atoms with Crippen molar-refractivity contribution in [3.63, 3.8) is 0 Å². The van der Waals surface area contributed by atoms with Gasteiger partial charge in [-0.2, -0.15) is 5.10 Å². The molecule has 1 aromatic carbocycles. The summed E-state index contributed by atoms with van der Waals surface area (Å²) in [6.07, 6.45) is 4.88. The third-order valence-corrected chi connectivity index (χ3v) is 4.29. The average molecular weight is 313 g/mol. The van der Waals surface area contributed by atoms with E-state index in [9.17, 15) is 9.59 Å². The number of carboxylic acid groups (broad SMARTS) is 1. The molecule has 1 aliphatic rings. The lowest BCUT2D eigenvalue weighted by molar-refractivity contribution is -0.152. The van der Waals surface area contributed by atoms with Crippen molar-refractivity contribution >= 4 is 11.9 Å². The van der Waals surface area contributed by atoms with Crippen molar-refractivity contribution < 1.29 is 14.7 Å². The first-order valence-electron chi connectivity index (χ1n) is 7.69. The summed E-state index contributed by atoms with van der Waals surface area (Å²) >= 11 is 0. The monoisotopic (exact) mass is 313 g/mol. The molecule has 0 bridgehead atoms. The van der Waals surface area contributed by atoms with Gasteiger partial charge in [0.2, 0.25) is 5.91 Å². The summed E-state index contributed by atoms with van der Waals surface area (Å²) in [5, 5.41) is 16.0. The Kier molecular flexibility index (Phi) is 4.41. The number of nitrogens with one attached hydrogen (secondary N) is 1. The molecule has 6 heteroatoms. The second kappa shape index (κ2) is 6.64. The Balaban J connectivity index is 1.56. The molecule has 1 amide bonds. The Hall–Kier alpha value is -2.63. The van der Waals surface area contributed by atoms with Crippen LogP contribution < -0.4 is 5.32 Å². The number of nitrogens with zero attached hydrogens (tertiary/aromatic N) is 2. The second-order valence-corrected chi connectivity index (χ2v) is 5.87. The fraction of sp³-hybridized carbons (Fsp3) is 0.353. The summed E-state index contributed by atoms with van der Waals surface area (Å²) in [7, 11) is 0. The van der Waals surface area contributed by atoms with Crippen LogP contribution in [0, 0.1) is 11.8 Å². The van der Waals surface area contributed by atoms with Crippen LogP contribution in [0.3, 0.4) is 0 Å². The average Bonchev–Trinajstić information content (AvgIpc) is 2.96. The van der Waals surface area contributed by atoms with Crippen LogP contribution in [-0.4, -0.2) is 26.8 Å². The number of hydrogen-bond donors (Lipinski definition) is 2. The predicted molar refractivity (Wildman–Crippen MR) is 83.5 cm³/mol. The molecule has 1 fully saturated rings. The number of amides is 1. The van der Waals surface area contributed by atoms with Crippen LogP contribution >= 0.6 is 0 Å². The zero-order valence-electron chi connectivity index (χ0n) is 12.7. The van der Waals surface area contributed by atoms with Crippen LogP contribution in [0.15, 0.2) is 42.7 Å². The molecule has 0 saturated heterocycles. The van der Waals surface area contributed by atoms with E-state index in [2.05, 4.69) is 10.4 Å². The third kappa shape index (κ3) is 3.59. The van der Waals surface area contributed by atoms with Crippen molar-refractivity contribution in [3.8, 4) is 0 Å². The standard InChI is InChI=1S/C17H19N3O3/c21-16(14-5-6-15(14)17(22)23)18-10-12-3-1-4-13(9-12)11-20-8-2-7-19-20/h1-4,7-9,14-15H,5-6,10-11H2,(H,18,21)(H,22,23). The molecule has 2 aromatic rings. The lowest BCUT2D eigenvalue weighted by Gasteiger charge is -2.31. The zero-order valence-corrected chi connectivity index (χ0v) is 12.7. The molecule has 1 saturated carbocycles. The smallest absolute Gasteiger partial charge is 0.307 e. The summed E-state index contributed by atoms with van der Waals surface area (Å²) < 4.78 is 1.84. The van der Waals surface area contributed by atoms with Crippen molar-refractivity contribution in [2.45, 2.75) is 25.9 Å². The maximum Gasteiger partial charge on any atom is 0.307 e. The van der Waals surface area contributed by atoms with Gasteiger partial charge in [0.25, 0.3) is 0 Å². The van der Waals surface area contributed by atoms with E-state index in [1.54, 1.807) is 6.20 Å². The lowest BCUT2D eigenvalue weighted by atomic mass is 9.73. The zero-order chi connectivity index (χ0) is 16.2. The molecule has 0 aliphatic heterocycles. The normalized spacial score (nSPS) is 19.8. The number of carbonyl (C=O) groups excluding carboxylic acids is 1. The van der Waals surface area contributed by atoms with E-state index in [0.717, 1.165) is 11.1 Å². The van der Waals surface area contributed by atoms with Gasteiger partial charge in [0, 0.05) is 18.9 Å². The van der Waals surface area contributed by atoms with Gasteiger partial charge in [-0.3, -0.25) is 14.3 Å². The number of carboxylic acids is 1. The van der Waals surface area contributed by atoms with Gasteiger partial charge in [0.15, 0.2) is 0 Å². The number of rotatable bonds is 6. The molecule has 1 aromatic heterocycles. The topological polar surface area (TPSA) is 84.2 Å². The number of aromatic nitrogens is 2. The molecular weight excluding hydrogens is 294 g/mol. The van der Waals surface area contributed by atoms with E-state index < -0.39 is 11.9 Å². The van der Waals surface area contributed by atoms with Crippen molar-refractivity contribution in [3.05, 3.63) is 53.9 Å². The van der Waals surface area contributed by atoms with Gasteiger partial charge in [0.1, 0.15) is 0 Å². The minimum absolute atomic E-state index is 0.166. The molecule has 1 aliphatic carbocycles. The summed E-state index contributed by atoms with van der Waals surface area (Å²) in [4.78, 5) is 23.0. The van der Waals surface area contributed by atoms with Crippen LogP contribution in [0.25, 0.3) is 0 Å². The fourth-order valence-electron chi connectivity index (χ4n) is 2.85. The van der Waals surface area contributed by atoms with E-state index in [-0.39, 0.29) is 11.8 Å². The Morgan fingerprint density at radius 2 is 2.00 bits per heavy atom. The third-order valence-electron chi connectivity index (χ3n) is 4.29. The van der Waals surface area contributed by atoms with E-state index in [1.165, 1.54) is 0 Å². The first-order chi connectivity index (χ1) is 11.1. The maximum atomic E-state index is 12.1. The molecule has 0 radical (unpaired) electrons. The van der Waals surface area contributed by atoms with Crippen molar-refractivity contribution in [1.29, 1.82) is 0 Å². The Morgan fingerprint density at radius 1 is 1.22 bits per heavy atom. The van der Waals surface area contributed by atoms with Crippen LogP contribution in [0.1, 0.15) is 24.0 Å². The van der Waals surface area contributed by atoms with Crippen LogP contribution in [0.5, 0.6) is 0 Å². The highest BCUT2D eigenvalue weighted by molar-refractivity contribution is 5.86. The van der Waals surface area contributed by atoms with E-state index in [1.807, 2.05) is 41.2 Å². The number of carbonyl (C=O) groups is 2. The highest BCUT2D eigenvalue weighted by Gasteiger charge is 2.41. The van der Waals surface area contributed by atoms with Gasteiger partial charge >= 0.3 is 5.97 Å². The van der Waals surface area contributed by atoms with Gasteiger partial charge in [-0.05, 0) is 30.0 Å². The van der Waals surface area contributed by atoms with E-state index >= 15 is 0 Å². The summed E-state index contributed by atoms with van der Waals surface area (Å²) in [6, 6.07) is 9.81. The maximum absolute atomic E-state index is 12.1. The quantitative estimate of drug-likeness (QED) is 0.849. The molecule has 2 atom stereocenters. The minimum atomic E-state index is -0.877. The molecule has 2 N–H and O–H groups in total. The van der Waals surface area contributed by atoms with E-state index in [0.29, 0.717) is 25.9 Å².